The van der Waals surface area contributed by atoms with Gasteiger partial charge < -0.3 is 5.32 Å². The highest BCUT2D eigenvalue weighted by Crippen LogP contribution is 2.21. The number of nitrogens with zero attached hydrogens (tertiary/aromatic N) is 1. The van der Waals surface area contributed by atoms with Crippen molar-refractivity contribution >= 4 is 27.5 Å². The van der Waals surface area contributed by atoms with Crippen molar-refractivity contribution in [1.82, 2.24) is 10.2 Å². The molecule has 1 aromatic carbocycles. The van der Waals surface area contributed by atoms with Gasteiger partial charge in [-0.2, -0.15) is 5.10 Å². The van der Waals surface area contributed by atoms with Gasteiger partial charge in [0.25, 0.3) is 5.91 Å². The van der Waals surface area contributed by atoms with Gasteiger partial charge in [-0.1, -0.05) is 6.07 Å². The Labute approximate surface area is 112 Å². The Morgan fingerprint density at radius 2 is 2.17 bits per heavy atom. The fourth-order valence-electron chi connectivity index (χ4n) is 1.60. The van der Waals surface area contributed by atoms with Crippen molar-refractivity contribution < 1.29 is 9.18 Å². The minimum absolute atomic E-state index is 0.00984. The highest BCUT2D eigenvalue weighted by Gasteiger charge is 2.16. The molecular weight excluding hydrogens is 301 g/mol. The largest absolute Gasteiger partial charge is 0.319 e. The lowest BCUT2D eigenvalue weighted by molar-refractivity contribution is 0.102. The van der Waals surface area contributed by atoms with Gasteiger partial charge in [-0.05, 0) is 41.9 Å². The quantitative estimate of drug-likeness (QED) is 0.895. The van der Waals surface area contributed by atoms with Crippen molar-refractivity contribution in [2.75, 3.05) is 5.32 Å². The lowest BCUT2D eigenvalue weighted by Gasteiger charge is -2.06. The summed E-state index contributed by atoms with van der Waals surface area (Å²) in [5.41, 5.74) is 1.97. The van der Waals surface area contributed by atoms with Gasteiger partial charge in [-0.25, -0.2) is 4.39 Å². The summed E-state index contributed by atoms with van der Waals surface area (Å²) in [5, 5.41) is 9.36. The molecule has 0 radical (unpaired) electrons. The smallest absolute Gasteiger partial charge is 0.258 e. The number of amides is 1. The van der Waals surface area contributed by atoms with Crippen LogP contribution >= 0.6 is 15.9 Å². The second-order valence-electron chi connectivity index (χ2n) is 3.86. The van der Waals surface area contributed by atoms with Crippen molar-refractivity contribution in [1.29, 1.82) is 0 Å². The second kappa shape index (κ2) is 4.89. The van der Waals surface area contributed by atoms with Crippen LogP contribution in [-0.4, -0.2) is 16.1 Å². The number of hydrogen-bond donors (Lipinski definition) is 2. The molecule has 2 aromatic rings. The number of benzene rings is 1. The molecule has 94 valence electrons. The molecule has 0 bridgehead atoms. The first kappa shape index (κ1) is 12.8. The number of carbonyl (C=O) groups excluding carboxylic acids is 1. The van der Waals surface area contributed by atoms with Crippen LogP contribution in [0, 0.1) is 19.7 Å². The number of rotatable bonds is 2. The van der Waals surface area contributed by atoms with Gasteiger partial charge in [0.15, 0.2) is 0 Å². The van der Waals surface area contributed by atoms with Gasteiger partial charge >= 0.3 is 0 Å². The predicted molar refractivity (Wildman–Crippen MR) is 70.1 cm³/mol. The fraction of sp³-hybridized carbons (Fsp3) is 0.167. The molecule has 6 heteroatoms. The van der Waals surface area contributed by atoms with E-state index in [4.69, 9.17) is 0 Å². The molecule has 1 amide bonds. The number of aromatic amines is 1. The molecular formula is C12H11BrFN3O. The Balaban J connectivity index is 2.31. The predicted octanol–water partition coefficient (Wildman–Crippen LogP) is 3.18. The fourth-order valence-corrected chi connectivity index (χ4v) is 1.96. The van der Waals surface area contributed by atoms with E-state index in [1.165, 1.54) is 6.07 Å². The Hall–Kier alpha value is -1.69. The number of nitrogens with one attached hydrogen (secondary N) is 2. The third-order valence-corrected chi connectivity index (χ3v) is 3.18. The minimum Gasteiger partial charge on any atom is -0.319 e. The molecule has 0 atom stereocenters. The number of hydrogen-bond acceptors (Lipinski definition) is 2. The normalized spacial score (nSPS) is 10.4. The van der Waals surface area contributed by atoms with Crippen molar-refractivity contribution in [2.45, 2.75) is 13.8 Å². The lowest BCUT2D eigenvalue weighted by atomic mass is 10.2. The first-order valence-corrected chi connectivity index (χ1v) is 6.07. The van der Waals surface area contributed by atoms with Gasteiger partial charge in [0.1, 0.15) is 5.82 Å². The van der Waals surface area contributed by atoms with E-state index in [0.29, 0.717) is 11.4 Å². The maximum absolute atomic E-state index is 13.8. The Morgan fingerprint density at radius 1 is 1.44 bits per heavy atom. The maximum atomic E-state index is 13.8. The number of aryl methyl sites for hydroxylation is 2. The van der Waals surface area contributed by atoms with E-state index >= 15 is 0 Å². The second-order valence-corrected chi connectivity index (χ2v) is 4.72. The lowest BCUT2D eigenvalue weighted by Crippen LogP contribution is -2.14. The summed E-state index contributed by atoms with van der Waals surface area (Å²) in [6, 6.07) is 4.58. The zero-order valence-corrected chi connectivity index (χ0v) is 11.4. The molecule has 4 nitrogen and oxygen atoms in total. The third kappa shape index (κ3) is 2.28. The summed E-state index contributed by atoms with van der Waals surface area (Å²) in [7, 11) is 0. The summed E-state index contributed by atoms with van der Waals surface area (Å²) in [6.45, 7) is 3.54. The Kier molecular flexibility index (Phi) is 3.47. The molecule has 1 aromatic heterocycles. The van der Waals surface area contributed by atoms with E-state index in [9.17, 15) is 9.18 Å². The number of carbonyl (C=O) groups is 1. The molecule has 1 heterocycles. The molecule has 0 saturated carbocycles. The van der Waals surface area contributed by atoms with Gasteiger partial charge in [0.05, 0.1) is 27.1 Å². The van der Waals surface area contributed by atoms with E-state index in [1.54, 1.807) is 26.0 Å². The molecule has 0 unspecified atom stereocenters. The van der Waals surface area contributed by atoms with Crippen molar-refractivity contribution in [2.24, 2.45) is 0 Å². The average Bonchev–Trinajstić information content (AvgIpc) is 2.64. The first-order valence-electron chi connectivity index (χ1n) is 5.27. The number of aromatic nitrogens is 2. The Bertz CT molecular complexity index is 590. The average molecular weight is 312 g/mol. The summed E-state index contributed by atoms with van der Waals surface area (Å²) < 4.78 is 14.0. The highest BCUT2D eigenvalue weighted by molar-refractivity contribution is 9.10. The van der Waals surface area contributed by atoms with Gasteiger partial charge in [0.2, 0.25) is 0 Å². The highest BCUT2D eigenvalue weighted by atomic mass is 79.9. The van der Waals surface area contributed by atoms with Crippen LogP contribution in [0.5, 0.6) is 0 Å². The van der Waals surface area contributed by atoms with Crippen LogP contribution in [0.2, 0.25) is 0 Å². The van der Waals surface area contributed by atoms with Crippen LogP contribution in [0.3, 0.4) is 0 Å². The molecule has 18 heavy (non-hydrogen) atoms. The molecule has 0 aliphatic rings. The molecule has 0 saturated heterocycles. The summed E-state index contributed by atoms with van der Waals surface area (Å²) in [5.74, 6) is -1.07. The summed E-state index contributed by atoms with van der Waals surface area (Å²) in [6.07, 6.45) is 0. The van der Waals surface area contributed by atoms with Gasteiger partial charge in [0, 0.05) is 0 Å². The van der Waals surface area contributed by atoms with E-state index in [2.05, 4.69) is 31.4 Å². The third-order valence-electron chi connectivity index (χ3n) is 2.56. The summed E-state index contributed by atoms with van der Waals surface area (Å²) >= 11 is 3.05. The zero-order valence-electron chi connectivity index (χ0n) is 9.84. The molecule has 0 aliphatic carbocycles. The standard InChI is InChI=1S/C12H11BrFN3O/c1-6-11(7(2)17-16-6)15-12(18)8-4-3-5-9(13)10(8)14/h3-5H,1-2H3,(H,15,18)(H,16,17). The number of anilines is 1. The number of halogens is 2. The topological polar surface area (TPSA) is 57.8 Å². The molecule has 0 aliphatic heterocycles. The van der Waals surface area contributed by atoms with Gasteiger partial charge in [-0.15, -0.1) is 0 Å². The van der Waals surface area contributed by atoms with E-state index in [-0.39, 0.29) is 10.0 Å². The van der Waals surface area contributed by atoms with Crippen molar-refractivity contribution in [3.63, 3.8) is 0 Å². The first-order chi connectivity index (χ1) is 8.50. The van der Waals surface area contributed by atoms with Crippen LogP contribution in [0.15, 0.2) is 22.7 Å². The van der Waals surface area contributed by atoms with Crippen LogP contribution in [0.4, 0.5) is 10.1 Å². The van der Waals surface area contributed by atoms with Crippen LogP contribution in [0.1, 0.15) is 21.7 Å². The molecule has 0 fully saturated rings. The Morgan fingerprint density at radius 3 is 2.78 bits per heavy atom. The minimum atomic E-state index is -0.575. The van der Waals surface area contributed by atoms with E-state index in [1.807, 2.05) is 0 Å². The summed E-state index contributed by atoms with van der Waals surface area (Å²) in [4.78, 5) is 12.0. The maximum Gasteiger partial charge on any atom is 0.258 e. The molecule has 2 N–H and O–H groups in total. The SMILES string of the molecule is Cc1n[nH]c(C)c1NC(=O)c1cccc(Br)c1F. The molecule has 2 rings (SSSR count). The van der Waals surface area contributed by atoms with E-state index < -0.39 is 11.7 Å². The van der Waals surface area contributed by atoms with Crippen LogP contribution in [0.25, 0.3) is 0 Å². The number of H-pyrrole nitrogens is 1. The van der Waals surface area contributed by atoms with Gasteiger partial charge in [-0.3, -0.25) is 9.89 Å². The zero-order chi connectivity index (χ0) is 13.3. The van der Waals surface area contributed by atoms with Crippen LogP contribution in [-0.2, 0) is 0 Å². The van der Waals surface area contributed by atoms with Crippen molar-refractivity contribution in [3.05, 3.63) is 45.4 Å². The monoisotopic (exact) mass is 311 g/mol. The molecule has 0 spiro atoms. The van der Waals surface area contributed by atoms with Crippen LogP contribution < -0.4 is 5.32 Å². The van der Waals surface area contributed by atoms with Crippen molar-refractivity contribution in [3.8, 4) is 0 Å². The van der Waals surface area contributed by atoms with E-state index in [0.717, 1.165) is 5.69 Å².